The van der Waals surface area contributed by atoms with Crippen molar-refractivity contribution in [3.05, 3.63) is 63.9 Å². The number of hydrogen-bond donors (Lipinski definition) is 1. The van der Waals surface area contributed by atoms with E-state index in [1.807, 2.05) is 36.4 Å². The van der Waals surface area contributed by atoms with Crippen molar-refractivity contribution < 1.29 is 9.53 Å². The molecular formula is C25H30Cl2N4O2. The fourth-order valence-electron chi connectivity index (χ4n) is 4.33. The lowest BCUT2D eigenvalue weighted by molar-refractivity contribution is -0.124. The molecule has 0 saturated carbocycles. The highest BCUT2D eigenvalue weighted by Crippen LogP contribution is 2.28. The predicted octanol–water partition coefficient (Wildman–Crippen LogP) is 4.72. The molecule has 0 spiro atoms. The largest absolute Gasteiger partial charge is 0.379 e. The third-order valence-electron chi connectivity index (χ3n) is 6.02. The van der Waals surface area contributed by atoms with Crippen LogP contribution in [-0.4, -0.2) is 59.8 Å². The van der Waals surface area contributed by atoms with E-state index in [0.717, 1.165) is 68.1 Å². The molecule has 0 aliphatic carbocycles. The van der Waals surface area contributed by atoms with Crippen LogP contribution in [0.2, 0.25) is 10.0 Å². The number of hydrogen-bond acceptors (Lipinski definition) is 4. The summed E-state index contributed by atoms with van der Waals surface area (Å²) in [7, 11) is 0. The van der Waals surface area contributed by atoms with E-state index in [4.69, 9.17) is 32.9 Å². The zero-order valence-corrected chi connectivity index (χ0v) is 20.4. The first-order valence-corrected chi connectivity index (χ1v) is 12.3. The van der Waals surface area contributed by atoms with Gasteiger partial charge in [-0.05, 0) is 36.2 Å². The summed E-state index contributed by atoms with van der Waals surface area (Å²) >= 11 is 12.3. The highest BCUT2D eigenvalue weighted by atomic mass is 35.5. The molecule has 3 aromatic rings. The third-order valence-corrected chi connectivity index (χ3v) is 6.76. The number of para-hydroxylation sites is 2. The SMILES string of the molecule is CCCC(C(=O)NCCN1CCOCC1)n1c(Cc2ccc(Cl)c(Cl)c2)nc2ccccc21. The quantitative estimate of drug-likeness (QED) is 0.473. The number of amides is 1. The van der Waals surface area contributed by atoms with Gasteiger partial charge in [-0.3, -0.25) is 9.69 Å². The molecule has 1 aromatic heterocycles. The topological polar surface area (TPSA) is 59.4 Å². The van der Waals surface area contributed by atoms with E-state index in [2.05, 4.69) is 21.7 Å². The second-order valence-corrected chi connectivity index (χ2v) is 9.18. The number of fused-ring (bicyclic) bond motifs is 1. The maximum atomic E-state index is 13.4. The van der Waals surface area contributed by atoms with Crippen LogP contribution >= 0.6 is 23.2 Å². The summed E-state index contributed by atoms with van der Waals surface area (Å²) < 4.78 is 7.51. The van der Waals surface area contributed by atoms with E-state index in [0.29, 0.717) is 23.0 Å². The average molecular weight is 489 g/mol. The Balaban J connectivity index is 1.58. The van der Waals surface area contributed by atoms with Gasteiger partial charge in [-0.1, -0.05) is 54.7 Å². The molecule has 1 fully saturated rings. The second kappa shape index (κ2) is 11.3. The van der Waals surface area contributed by atoms with Gasteiger partial charge in [0.2, 0.25) is 5.91 Å². The zero-order chi connectivity index (χ0) is 23.2. The Morgan fingerprint density at radius 3 is 2.70 bits per heavy atom. The fraction of sp³-hybridized carbons (Fsp3) is 0.440. The van der Waals surface area contributed by atoms with Gasteiger partial charge in [0.25, 0.3) is 0 Å². The number of imidazole rings is 1. The lowest BCUT2D eigenvalue weighted by atomic mass is 10.1. The van der Waals surface area contributed by atoms with Crippen molar-refractivity contribution in [2.24, 2.45) is 0 Å². The fourth-order valence-corrected chi connectivity index (χ4v) is 4.65. The number of ether oxygens (including phenoxy) is 1. The molecule has 176 valence electrons. The van der Waals surface area contributed by atoms with Crippen LogP contribution in [0.15, 0.2) is 42.5 Å². The molecule has 6 nitrogen and oxygen atoms in total. The number of halogens is 2. The van der Waals surface area contributed by atoms with Gasteiger partial charge in [0.15, 0.2) is 0 Å². The number of rotatable bonds is 9. The minimum absolute atomic E-state index is 0.0312. The van der Waals surface area contributed by atoms with Gasteiger partial charge in [0.1, 0.15) is 11.9 Å². The molecule has 1 saturated heterocycles. The van der Waals surface area contributed by atoms with Gasteiger partial charge in [-0.2, -0.15) is 0 Å². The Morgan fingerprint density at radius 2 is 1.94 bits per heavy atom. The molecule has 1 aliphatic rings. The van der Waals surface area contributed by atoms with Crippen LogP contribution in [0, 0.1) is 0 Å². The van der Waals surface area contributed by atoms with Crippen LogP contribution in [0.4, 0.5) is 0 Å². The van der Waals surface area contributed by atoms with Crippen molar-refractivity contribution in [2.45, 2.75) is 32.2 Å². The van der Waals surface area contributed by atoms with Crippen LogP contribution < -0.4 is 5.32 Å². The van der Waals surface area contributed by atoms with Crippen molar-refractivity contribution in [1.82, 2.24) is 19.8 Å². The van der Waals surface area contributed by atoms with Gasteiger partial charge >= 0.3 is 0 Å². The minimum atomic E-state index is -0.329. The van der Waals surface area contributed by atoms with Gasteiger partial charge in [0, 0.05) is 32.6 Å². The molecule has 1 atom stereocenters. The zero-order valence-electron chi connectivity index (χ0n) is 18.9. The number of nitrogens with zero attached hydrogens (tertiary/aromatic N) is 3. The summed E-state index contributed by atoms with van der Waals surface area (Å²) in [6, 6.07) is 13.3. The van der Waals surface area contributed by atoms with Crippen molar-refractivity contribution in [3.63, 3.8) is 0 Å². The van der Waals surface area contributed by atoms with E-state index < -0.39 is 0 Å². The molecule has 1 unspecified atom stereocenters. The molecule has 8 heteroatoms. The summed E-state index contributed by atoms with van der Waals surface area (Å²) in [5.74, 6) is 0.875. The lowest BCUT2D eigenvalue weighted by Crippen LogP contribution is -2.42. The summed E-state index contributed by atoms with van der Waals surface area (Å²) in [6.07, 6.45) is 2.19. The summed E-state index contributed by atoms with van der Waals surface area (Å²) in [6.45, 7) is 6.88. The molecular weight excluding hydrogens is 459 g/mol. The van der Waals surface area contributed by atoms with Crippen LogP contribution in [0.25, 0.3) is 11.0 Å². The monoisotopic (exact) mass is 488 g/mol. The van der Waals surface area contributed by atoms with E-state index >= 15 is 0 Å². The Kier molecular flexibility index (Phi) is 8.25. The van der Waals surface area contributed by atoms with Gasteiger partial charge in [-0.25, -0.2) is 4.98 Å². The summed E-state index contributed by atoms with van der Waals surface area (Å²) in [5.41, 5.74) is 2.85. The number of carbonyl (C=O) groups excluding carboxylic acids is 1. The Morgan fingerprint density at radius 1 is 1.15 bits per heavy atom. The molecule has 33 heavy (non-hydrogen) atoms. The molecule has 2 heterocycles. The predicted molar refractivity (Wildman–Crippen MR) is 133 cm³/mol. The van der Waals surface area contributed by atoms with Crippen molar-refractivity contribution in [1.29, 1.82) is 0 Å². The summed E-state index contributed by atoms with van der Waals surface area (Å²) in [4.78, 5) is 20.6. The Labute approximate surface area is 204 Å². The number of nitrogens with one attached hydrogen (secondary N) is 1. The first-order chi connectivity index (χ1) is 16.1. The first-order valence-electron chi connectivity index (χ1n) is 11.5. The Bertz CT molecular complexity index is 1100. The highest BCUT2D eigenvalue weighted by Gasteiger charge is 2.25. The van der Waals surface area contributed by atoms with Gasteiger partial charge < -0.3 is 14.6 Å². The van der Waals surface area contributed by atoms with E-state index in [9.17, 15) is 4.79 Å². The van der Waals surface area contributed by atoms with Gasteiger partial charge in [-0.15, -0.1) is 0 Å². The van der Waals surface area contributed by atoms with Crippen LogP contribution in [0.1, 0.15) is 37.2 Å². The van der Waals surface area contributed by atoms with Crippen LogP contribution in [0.3, 0.4) is 0 Å². The summed E-state index contributed by atoms with van der Waals surface area (Å²) in [5, 5.41) is 4.21. The second-order valence-electron chi connectivity index (χ2n) is 8.36. The Hall–Kier alpha value is -2.12. The average Bonchev–Trinajstić information content (AvgIpc) is 3.18. The molecule has 0 bridgehead atoms. The van der Waals surface area contributed by atoms with Crippen LogP contribution in [-0.2, 0) is 16.0 Å². The minimum Gasteiger partial charge on any atom is -0.379 e. The molecule has 4 rings (SSSR count). The van der Waals surface area contributed by atoms with E-state index in [-0.39, 0.29) is 11.9 Å². The van der Waals surface area contributed by atoms with Crippen molar-refractivity contribution >= 4 is 40.1 Å². The normalized spacial score (nSPS) is 15.6. The maximum Gasteiger partial charge on any atom is 0.243 e. The van der Waals surface area contributed by atoms with Crippen LogP contribution in [0.5, 0.6) is 0 Å². The van der Waals surface area contributed by atoms with Crippen molar-refractivity contribution in [2.75, 3.05) is 39.4 Å². The molecule has 0 radical (unpaired) electrons. The van der Waals surface area contributed by atoms with E-state index in [1.54, 1.807) is 6.07 Å². The molecule has 1 aliphatic heterocycles. The number of aromatic nitrogens is 2. The third kappa shape index (κ3) is 5.87. The molecule has 1 N–H and O–H groups in total. The smallest absolute Gasteiger partial charge is 0.243 e. The molecule has 2 aromatic carbocycles. The molecule has 1 amide bonds. The maximum absolute atomic E-state index is 13.4. The highest BCUT2D eigenvalue weighted by molar-refractivity contribution is 6.42. The van der Waals surface area contributed by atoms with Gasteiger partial charge in [0.05, 0.1) is 34.3 Å². The number of carbonyl (C=O) groups is 1. The lowest BCUT2D eigenvalue weighted by Gasteiger charge is -2.27. The number of benzene rings is 2. The first kappa shape index (κ1) is 24.0. The van der Waals surface area contributed by atoms with E-state index in [1.165, 1.54) is 0 Å². The number of morpholine rings is 1. The van der Waals surface area contributed by atoms with Crippen molar-refractivity contribution in [3.8, 4) is 0 Å². The standard InChI is InChI=1S/C25H30Cl2N4O2/c1-2-5-23(25(32)28-10-11-30-12-14-33-15-13-30)31-22-7-4-3-6-21(22)29-24(31)17-18-8-9-19(26)20(27)16-18/h3-4,6-9,16,23H,2,5,10-15,17H2,1H3,(H,28,32).